The molecule has 1 unspecified atom stereocenters. The predicted molar refractivity (Wildman–Crippen MR) is 78.6 cm³/mol. The smallest absolute Gasteiger partial charge is 0.320 e. The van der Waals surface area contributed by atoms with Crippen LogP contribution in [-0.2, 0) is 11.3 Å². The van der Waals surface area contributed by atoms with Crippen molar-refractivity contribution < 1.29 is 19.7 Å². The maximum Gasteiger partial charge on any atom is 0.320 e. The number of phenolic OH excluding ortho intramolecular Hbond substituents is 1. The van der Waals surface area contributed by atoms with Gasteiger partial charge in [-0.3, -0.25) is 14.6 Å². The monoisotopic (exact) mass is 294 g/mol. The average molecular weight is 294 g/mol. The van der Waals surface area contributed by atoms with Crippen molar-refractivity contribution in [2.45, 2.75) is 19.5 Å². The van der Waals surface area contributed by atoms with Crippen LogP contribution in [0.15, 0.2) is 18.2 Å². The van der Waals surface area contributed by atoms with Crippen LogP contribution in [0.5, 0.6) is 11.5 Å². The van der Waals surface area contributed by atoms with E-state index in [0.717, 1.165) is 31.7 Å². The summed E-state index contributed by atoms with van der Waals surface area (Å²) >= 11 is 0. The highest BCUT2D eigenvalue weighted by atomic mass is 16.5. The minimum atomic E-state index is -0.783. The SMILES string of the molecule is COc1cccc(CN2CCN(C(C)C(=O)O)CC2)c1O. The number of methoxy groups -OCH3 is 1. The van der Waals surface area contributed by atoms with Crippen LogP contribution in [0.3, 0.4) is 0 Å². The molecule has 0 aromatic heterocycles. The van der Waals surface area contributed by atoms with Gasteiger partial charge in [0.05, 0.1) is 7.11 Å². The molecule has 1 aliphatic rings. The maximum absolute atomic E-state index is 11.0. The topological polar surface area (TPSA) is 73.2 Å². The molecule has 0 spiro atoms. The van der Waals surface area contributed by atoms with Crippen LogP contribution in [-0.4, -0.2) is 65.3 Å². The number of benzene rings is 1. The predicted octanol–water partition coefficient (Wildman–Crippen LogP) is 0.991. The van der Waals surface area contributed by atoms with Crippen LogP contribution >= 0.6 is 0 Å². The van der Waals surface area contributed by atoms with E-state index in [2.05, 4.69) is 4.90 Å². The highest BCUT2D eigenvalue weighted by molar-refractivity contribution is 5.72. The van der Waals surface area contributed by atoms with Gasteiger partial charge in [-0.2, -0.15) is 0 Å². The third kappa shape index (κ3) is 3.65. The van der Waals surface area contributed by atoms with Crippen molar-refractivity contribution in [2.24, 2.45) is 0 Å². The highest BCUT2D eigenvalue weighted by Crippen LogP contribution is 2.30. The summed E-state index contributed by atoms with van der Waals surface area (Å²) in [7, 11) is 1.53. The molecule has 0 aliphatic carbocycles. The third-order valence-electron chi connectivity index (χ3n) is 4.01. The summed E-state index contributed by atoms with van der Waals surface area (Å²) in [5, 5.41) is 19.1. The average Bonchev–Trinajstić information content (AvgIpc) is 2.49. The molecule has 1 saturated heterocycles. The molecule has 1 fully saturated rings. The molecule has 0 amide bonds. The van der Waals surface area contributed by atoms with Crippen molar-refractivity contribution in [1.29, 1.82) is 0 Å². The summed E-state index contributed by atoms with van der Waals surface area (Å²) in [6.45, 7) is 5.36. The van der Waals surface area contributed by atoms with E-state index in [9.17, 15) is 9.90 Å². The number of hydrogen-bond acceptors (Lipinski definition) is 5. The van der Waals surface area contributed by atoms with Gasteiger partial charge in [0.1, 0.15) is 6.04 Å². The maximum atomic E-state index is 11.0. The summed E-state index contributed by atoms with van der Waals surface area (Å²) < 4.78 is 5.11. The molecule has 6 nitrogen and oxygen atoms in total. The Balaban J connectivity index is 1.93. The fourth-order valence-electron chi connectivity index (χ4n) is 2.57. The molecule has 0 bridgehead atoms. The van der Waals surface area contributed by atoms with Crippen LogP contribution in [0, 0.1) is 0 Å². The second-order valence-electron chi connectivity index (χ2n) is 5.29. The normalized spacial score (nSPS) is 18.4. The second-order valence-corrected chi connectivity index (χ2v) is 5.29. The van der Waals surface area contributed by atoms with Crippen LogP contribution in [0.1, 0.15) is 12.5 Å². The van der Waals surface area contributed by atoms with Crippen molar-refractivity contribution >= 4 is 5.97 Å². The highest BCUT2D eigenvalue weighted by Gasteiger charge is 2.25. The number of nitrogens with zero attached hydrogens (tertiary/aromatic N) is 2. The zero-order valence-corrected chi connectivity index (χ0v) is 12.5. The summed E-state index contributed by atoms with van der Waals surface area (Å²) in [6.07, 6.45) is 0. The van der Waals surface area contributed by atoms with Gasteiger partial charge < -0.3 is 14.9 Å². The number of rotatable bonds is 5. The third-order valence-corrected chi connectivity index (χ3v) is 4.01. The Labute approximate surface area is 124 Å². The minimum Gasteiger partial charge on any atom is -0.504 e. The van der Waals surface area contributed by atoms with E-state index in [1.165, 1.54) is 7.11 Å². The lowest BCUT2D eigenvalue weighted by atomic mass is 10.1. The number of phenols is 1. The summed E-state index contributed by atoms with van der Waals surface area (Å²) in [5.41, 5.74) is 0.828. The Morgan fingerprint density at radius 1 is 1.33 bits per heavy atom. The van der Waals surface area contributed by atoms with Gasteiger partial charge in [0.15, 0.2) is 11.5 Å². The Kier molecular flexibility index (Phi) is 5.03. The number of aliphatic carboxylic acids is 1. The van der Waals surface area contributed by atoms with Crippen LogP contribution < -0.4 is 4.74 Å². The van der Waals surface area contributed by atoms with Crippen molar-refractivity contribution in [1.82, 2.24) is 9.80 Å². The zero-order valence-electron chi connectivity index (χ0n) is 12.5. The molecule has 21 heavy (non-hydrogen) atoms. The fourth-order valence-corrected chi connectivity index (χ4v) is 2.57. The summed E-state index contributed by atoms with van der Waals surface area (Å²) in [6, 6.07) is 5.02. The van der Waals surface area contributed by atoms with Crippen LogP contribution in [0.4, 0.5) is 0 Å². The number of carbonyl (C=O) groups is 1. The minimum absolute atomic E-state index is 0.182. The lowest BCUT2D eigenvalue weighted by Crippen LogP contribution is -2.51. The molecular weight excluding hydrogens is 272 g/mol. The van der Waals surface area contributed by atoms with E-state index in [4.69, 9.17) is 9.84 Å². The first-order valence-corrected chi connectivity index (χ1v) is 7.07. The molecule has 1 aliphatic heterocycles. The number of aromatic hydroxyl groups is 1. The molecule has 2 rings (SSSR count). The summed E-state index contributed by atoms with van der Waals surface area (Å²) in [4.78, 5) is 15.2. The Bertz CT molecular complexity index is 498. The fraction of sp³-hybridized carbons (Fsp3) is 0.533. The van der Waals surface area contributed by atoms with E-state index >= 15 is 0 Å². The van der Waals surface area contributed by atoms with Crippen molar-refractivity contribution in [2.75, 3.05) is 33.3 Å². The zero-order chi connectivity index (χ0) is 15.4. The van der Waals surface area contributed by atoms with Crippen molar-refractivity contribution in [3.8, 4) is 11.5 Å². The first-order chi connectivity index (χ1) is 10.0. The standard InChI is InChI=1S/C15H22N2O4/c1-11(15(19)20)17-8-6-16(7-9-17)10-12-4-3-5-13(21-2)14(12)18/h3-5,11,18H,6-10H2,1-2H3,(H,19,20). The van der Waals surface area contributed by atoms with E-state index < -0.39 is 12.0 Å². The van der Waals surface area contributed by atoms with E-state index in [-0.39, 0.29) is 5.75 Å². The molecule has 6 heteroatoms. The Morgan fingerprint density at radius 2 is 2.00 bits per heavy atom. The lowest BCUT2D eigenvalue weighted by Gasteiger charge is -2.36. The quantitative estimate of drug-likeness (QED) is 0.844. The molecule has 0 saturated carbocycles. The first-order valence-electron chi connectivity index (χ1n) is 7.07. The number of para-hydroxylation sites is 1. The second kappa shape index (κ2) is 6.78. The van der Waals surface area contributed by atoms with Gasteiger partial charge >= 0.3 is 5.97 Å². The molecule has 2 N–H and O–H groups in total. The van der Waals surface area contributed by atoms with Crippen molar-refractivity contribution in [3.05, 3.63) is 23.8 Å². The Hall–Kier alpha value is -1.79. The van der Waals surface area contributed by atoms with Crippen LogP contribution in [0.25, 0.3) is 0 Å². The molecule has 0 radical (unpaired) electrons. The van der Waals surface area contributed by atoms with Gasteiger partial charge in [-0.15, -0.1) is 0 Å². The Morgan fingerprint density at radius 3 is 2.57 bits per heavy atom. The van der Waals surface area contributed by atoms with E-state index in [0.29, 0.717) is 12.3 Å². The van der Waals surface area contributed by atoms with E-state index in [1.807, 2.05) is 17.0 Å². The molecule has 116 valence electrons. The van der Waals surface area contributed by atoms with Gasteiger partial charge in [-0.1, -0.05) is 12.1 Å². The molecular formula is C15H22N2O4. The van der Waals surface area contributed by atoms with Crippen molar-refractivity contribution in [3.63, 3.8) is 0 Å². The van der Waals surface area contributed by atoms with Gasteiger partial charge in [0, 0.05) is 38.3 Å². The molecule has 1 aromatic rings. The van der Waals surface area contributed by atoms with Gasteiger partial charge in [-0.05, 0) is 13.0 Å². The number of carboxylic acids is 1. The lowest BCUT2D eigenvalue weighted by molar-refractivity contribution is -0.143. The number of ether oxygens (including phenoxy) is 1. The van der Waals surface area contributed by atoms with E-state index in [1.54, 1.807) is 13.0 Å². The van der Waals surface area contributed by atoms with Gasteiger partial charge in [0.2, 0.25) is 0 Å². The summed E-state index contributed by atoms with van der Waals surface area (Å²) in [5.74, 6) is -0.124. The largest absolute Gasteiger partial charge is 0.504 e. The number of piperazine rings is 1. The number of hydrogen-bond donors (Lipinski definition) is 2. The number of carboxylic acid groups (broad SMARTS) is 1. The molecule has 1 heterocycles. The molecule has 1 atom stereocenters. The van der Waals surface area contributed by atoms with Crippen LogP contribution in [0.2, 0.25) is 0 Å². The first kappa shape index (κ1) is 15.6. The van der Waals surface area contributed by atoms with Gasteiger partial charge in [-0.25, -0.2) is 0 Å². The van der Waals surface area contributed by atoms with Gasteiger partial charge in [0.25, 0.3) is 0 Å². The molecule has 1 aromatic carbocycles.